The maximum atomic E-state index is 11.9. The van der Waals surface area contributed by atoms with Crippen LogP contribution in [0.5, 0.6) is 0 Å². The number of hydrogen-bond acceptors (Lipinski definition) is 5. The van der Waals surface area contributed by atoms with Crippen LogP contribution in [0.4, 0.5) is 4.79 Å². The first-order valence-corrected chi connectivity index (χ1v) is 6.36. The van der Waals surface area contributed by atoms with Crippen molar-refractivity contribution in [2.24, 2.45) is 11.1 Å². The molecule has 3 N–H and O–H groups in total. The van der Waals surface area contributed by atoms with Gasteiger partial charge in [0.15, 0.2) is 0 Å². The molecule has 1 atom stereocenters. The van der Waals surface area contributed by atoms with Crippen molar-refractivity contribution in [1.82, 2.24) is 10.3 Å². The largest absolute Gasteiger partial charge is 0.448 e. The van der Waals surface area contributed by atoms with Crippen molar-refractivity contribution in [3.63, 3.8) is 0 Å². The van der Waals surface area contributed by atoms with E-state index >= 15 is 0 Å². The molecule has 6 nitrogen and oxygen atoms in total. The first-order chi connectivity index (χ1) is 8.30. The number of amides is 2. The van der Waals surface area contributed by atoms with E-state index < -0.39 is 6.09 Å². The van der Waals surface area contributed by atoms with Crippen LogP contribution in [-0.2, 0) is 4.74 Å². The maximum Gasteiger partial charge on any atom is 0.404 e. The molecule has 1 aromatic rings. The van der Waals surface area contributed by atoms with Gasteiger partial charge >= 0.3 is 6.09 Å². The number of carbonyl (C=O) groups is 2. The second kappa shape index (κ2) is 5.81. The Bertz CT molecular complexity index is 412. The number of aromatic nitrogens is 1. The van der Waals surface area contributed by atoms with E-state index in [9.17, 15) is 9.59 Å². The van der Waals surface area contributed by atoms with Crippen molar-refractivity contribution in [2.75, 3.05) is 6.61 Å². The molecule has 1 aromatic heterocycles. The normalized spacial score (nSPS) is 12.8. The van der Waals surface area contributed by atoms with Gasteiger partial charge in [-0.3, -0.25) is 4.79 Å². The van der Waals surface area contributed by atoms with Crippen LogP contribution in [0, 0.1) is 5.41 Å². The number of ether oxygens (including phenoxy) is 1. The highest BCUT2D eigenvalue weighted by atomic mass is 32.1. The van der Waals surface area contributed by atoms with Crippen LogP contribution in [0.1, 0.15) is 31.3 Å². The molecular formula is C11H17N3O3S. The van der Waals surface area contributed by atoms with Gasteiger partial charge in [0.1, 0.15) is 12.3 Å². The van der Waals surface area contributed by atoms with Gasteiger partial charge in [0, 0.05) is 5.38 Å². The zero-order valence-electron chi connectivity index (χ0n) is 10.6. The van der Waals surface area contributed by atoms with Gasteiger partial charge in [-0.25, -0.2) is 9.78 Å². The lowest BCUT2D eigenvalue weighted by Crippen LogP contribution is -2.47. The van der Waals surface area contributed by atoms with E-state index in [1.165, 1.54) is 11.3 Å². The zero-order chi connectivity index (χ0) is 13.8. The number of primary amides is 1. The predicted molar refractivity (Wildman–Crippen MR) is 68.4 cm³/mol. The Balaban J connectivity index is 2.67. The smallest absolute Gasteiger partial charge is 0.404 e. The van der Waals surface area contributed by atoms with E-state index in [1.807, 2.05) is 20.8 Å². The van der Waals surface area contributed by atoms with Gasteiger partial charge in [-0.2, -0.15) is 0 Å². The van der Waals surface area contributed by atoms with Crippen LogP contribution in [0.2, 0.25) is 0 Å². The average molecular weight is 271 g/mol. The molecule has 100 valence electrons. The first kappa shape index (κ1) is 14.4. The summed E-state index contributed by atoms with van der Waals surface area (Å²) in [5.41, 5.74) is 6.60. The minimum atomic E-state index is -0.854. The van der Waals surface area contributed by atoms with Crippen LogP contribution < -0.4 is 11.1 Å². The summed E-state index contributed by atoms with van der Waals surface area (Å²) < 4.78 is 4.76. The highest BCUT2D eigenvalue weighted by molar-refractivity contribution is 7.07. The average Bonchev–Trinajstić information content (AvgIpc) is 2.74. The molecule has 0 aromatic carbocycles. The van der Waals surface area contributed by atoms with Crippen molar-refractivity contribution in [3.8, 4) is 0 Å². The fourth-order valence-electron chi connectivity index (χ4n) is 1.23. The fraction of sp³-hybridized carbons (Fsp3) is 0.545. The number of nitrogens with two attached hydrogens (primary N) is 1. The number of nitrogens with zero attached hydrogens (tertiary/aromatic N) is 1. The minimum Gasteiger partial charge on any atom is -0.448 e. The third-order valence-corrected chi connectivity index (χ3v) is 2.99. The second-order valence-corrected chi connectivity index (χ2v) is 5.61. The van der Waals surface area contributed by atoms with Crippen LogP contribution in [-0.4, -0.2) is 29.6 Å². The Morgan fingerprint density at radius 3 is 2.67 bits per heavy atom. The number of nitrogens with one attached hydrogen (secondary N) is 1. The number of carbonyl (C=O) groups excluding carboxylic acids is 2. The first-order valence-electron chi connectivity index (χ1n) is 5.42. The van der Waals surface area contributed by atoms with Crippen LogP contribution in [0.25, 0.3) is 0 Å². The molecule has 0 saturated carbocycles. The van der Waals surface area contributed by atoms with Crippen molar-refractivity contribution < 1.29 is 14.3 Å². The van der Waals surface area contributed by atoms with Gasteiger partial charge in [-0.05, 0) is 5.41 Å². The predicted octanol–water partition coefficient (Wildman–Crippen LogP) is 1.38. The molecule has 7 heteroatoms. The summed E-state index contributed by atoms with van der Waals surface area (Å²) in [7, 11) is 0. The lowest BCUT2D eigenvalue weighted by molar-refractivity contribution is 0.0800. The molecule has 0 fully saturated rings. The molecule has 0 aliphatic carbocycles. The zero-order valence-corrected chi connectivity index (χ0v) is 11.4. The SMILES string of the molecule is CC(C)(C)C(COC(N)=O)NC(=O)c1cscn1. The summed E-state index contributed by atoms with van der Waals surface area (Å²) in [6.45, 7) is 5.84. The minimum absolute atomic E-state index is 0.0364. The van der Waals surface area contributed by atoms with Crippen molar-refractivity contribution in [3.05, 3.63) is 16.6 Å². The van der Waals surface area contributed by atoms with Crippen molar-refractivity contribution in [1.29, 1.82) is 0 Å². The molecule has 2 amide bonds. The molecular weight excluding hydrogens is 254 g/mol. The summed E-state index contributed by atoms with van der Waals surface area (Å²) >= 11 is 1.34. The van der Waals surface area contributed by atoms with E-state index in [1.54, 1.807) is 10.9 Å². The number of thiazole rings is 1. The standard InChI is InChI=1S/C11H17N3O3S/c1-11(2,3)8(4-17-10(12)16)14-9(15)7-5-18-6-13-7/h5-6,8H,4H2,1-3H3,(H2,12,16)(H,14,15). The Hall–Kier alpha value is -1.63. The molecule has 0 radical (unpaired) electrons. The summed E-state index contributed by atoms with van der Waals surface area (Å²) in [5, 5.41) is 4.44. The van der Waals surface area contributed by atoms with Crippen molar-refractivity contribution >= 4 is 23.3 Å². The quantitative estimate of drug-likeness (QED) is 0.865. The molecule has 0 aliphatic heterocycles. The molecule has 0 aliphatic rings. The molecule has 0 spiro atoms. The monoisotopic (exact) mass is 271 g/mol. The van der Waals surface area contributed by atoms with Gasteiger partial charge < -0.3 is 15.8 Å². The van der Waals surface area contributed by atoms with E-state index in [2.05, 4.69) is 10.3 Å². The molecule has 0 bridgehead atoms. The van der Waals surface area contributed by atoms with Gasteiger partial charge in [0.2, 0.25) is 0 Å². The van der Waals surface area contributed by atoms with Crippen molar-refractivity contribution in [2.45, 2.75) is 26.8 Å². The second-order valence-electron chi connectivity index (χ2n) is 4.90. The van der Waals surface area contributed by atoms with Crippen LogP contribution >= 0.6 is 11.3 Å². The Morgan fingerprint density at radius 2 is 2.22 bits per heavy atom. The van der Waals surface area contributed by atoms with Gasteiger partial charge in [-0.15, -0.1) is 11.3 Å². The van der Waals surface area contributed by atoms with Crippen LogP contribution in [0.15, 0.2) is 10.9 Å². The molecule has 18 heavy (non-hydrogen) atoms. The highest BCUT2D eigenvalue weighted by Crippen LogP contribution is 2.20. The maximum absolute atomic E-state index is 11.9. The van der Waals surface area contributed by atoms with E-state index in [-0.39, 0.29) is 24.0 Å². The van der Waals surface area contributed by atoms with E-state index in [0.29, 0.717) is 5.69 Å². The lowest BCUT2D eigenvalue weighted by Gasteiger charge is -2.30. The summed E-state index contributed by atoms with van der Waals surface area (Å²) in [6.07, 6.45) is -0.854. The van der Waals surface area contributed by atoms with E-state index in [0.717, 1.165) is 0 Å². The summed E-state index contributed by atoms with van der Waals surface area (Å²) in [5.74, 6) is -0.288. The number of rotatable bonds is 4. The Morgan fingerprint density at radius 1 is 1.56 bits per heavy atom. The molecule has 1 heterocycles. The van der Waals surface area contributed by atoms with Crippen LogP contribution in [0.3, 0.4) is 0 Å². The lowest BCUT2D eigenvalue weighted by atomic mass is 9.87. The van der Waals surface area contributed by atoms with Gasteiger partial charge in [-0.1, -0.05) is 20.8 Å². The van der Waals surface area contributed by atoms with E-state index in [4.69, 9.17) is 10.5 Å². The molecule has 0 saturated heterocycles. The highest BCUT2D eigenvalue weighted by Gasteiger charge is 2.28. The summed E-state index contributed by atoms with van der Waals surface area (Å²) in [6, 6.07) is -0.334. The summed E-state index contributed by atoms with van der Waals surface area (Å²) in [4.78, 5) is 26.4. The third-order valence-electron chi connectivity index (χ3n) is 2.41. The molecule has 1 rings (SSSR count). The molecule has 1 unspecified atom stereocenters. The number of hydrogen-bond donors (Lipinski definition) is 2. The van der Waals surface area contributed by atoms with Gasteiger partial charge in [0.25, 0.3) is 5.91 Å². The Kier molecular flexibility index (Phi) is 4.66. The topological polar surface area (TPSA) is 94.3 Å². The third kappa shape index (κ3) is 4.33. The Labute approximate surface area is 110 Å². The fourth-order valence-corrected chi connectivity index (χ4v) is 1.76. The van der Waals surface area contributed by atoms with Gasteiger partial charge in [0.05, 0.1) is 11.6 Å².